The van der Waals surface area contributed by atoms with Gasteiger partial charge >= 0.3 is 0 Å². The molecule has 72 valence electrons. The summed E-state index contributed by atoms with van der Waals surface area (Å²) < 4.78 is 9.38. The van der Waals surface area contributed by atoms with Crippen LogP contribution in [-0.2, 0) is 9.47 Å². The van der Waals surface area contributed by atoms with E-state index in [2.05, 4.69) is 0 Å². The largest absolute Gasteiger partial charge is 0.391 e. The summed E-state index contributed by atoms with van der Waals surface area (Å²) in [6, 6.07) is 0. The van der Waals surface area contributed by atoms with Gasteiger partial charge in [-0.15, -0.1) is 0 Å². The highest BCUT2D eigenvalue weighted by molar-refractivity contribution is 4.77. The smallest absolute Gasteiger partial charge is 0.213 e. The molecule has 6 nitrogen and oxygen atoms in total. The first-order chi connectivity index (χ1) is 5.54. The van der Waals surface area contributed by atoms with Gasteiger partial charge in [-0.1, -0.05) is 0 Å². The monoisotopic (exact) mass is 180 g/mol. The molecule has 1 fully saturated rings. The van der Waals surface area contributed by atoms with Crippen LogP contribution in [0.3, 0.4) is 0 Å². The van der Waals surface area contributed by atoms with Gasteiger partial charge in [-0.25, -0.2) is 0 Å². The number of aliphatic hydroxyl groups is 4. The van der Waals surface area contributed by atoms with E-state index in [1.165, 1.54) is 0 Å². The first-order valence-corrected chi connectivity index (χ1v) is 3.48. The maximum absolute atomic E-state index is 9.22. The molecule has 1 saturated heterocycles. The highest BCUT2D eigenvalue weighted by atomic mass is 16.7. The van der Waals surface area contributed by atoms with Crippen LogP contribution in [0, 0.1) is 0 Å². The van der Waals surface area contributed by atoms with Crippen molar-refractivity contribution < 1.29 is 29.9 Å². The molecule has 12 heavy (non-hydrogen) atoms. The molecular weight excluding hydrogens is 168 g/mol. The van der Waals surface area contributed by atoms with Crippen LogP contribution in [0.4, 0.5) is 0 Å². The Balaban J connectivity index is 2.49. The molecule has 2 atom stereocenters. The van der Waals surface area contributed by atoms with Crippen molar-refractivity contribution >= 4 is 0 Å². The Kier molecular flexibility index (Phi) is 2.67. The molecule has 0 unspecified atom stereocenters. The van der Waals surface area contributed by atoms with Gasteiger partial charge in [-0.05, 0) is 0 Å². The second-order valence-electron chi connectivity index (χ2n) is 2.79. The van der Waals surface area contributed by atoms with Crippen LogP contribution in [-0.4, -0.2) is 58.4 Å². The second kappa shape index (κ2) is 3.25. The lowest BCUT2D eigenvalue weighted by molar-refractivity contribution is -0.377. The zero-order chi connectivity index (χ0) is 9.24. The molecule has 0 amide bonds. The van der Waals surface area contributed by atoms with E-state index in [0.717, 1.165) is 0 Å². The van der Waals surface area contributed by atoms with E-state index in [1.807, 2.05) is 0 Å². The van der Waals surface area contributed by atoms with Crippen LogP contribution < -0.4 is 0 Å². The summed E-state index contributed by atoms with van der Waals surface area (Å²) in [6.45, 7) is -1.98. The number of ether oxygens (including phenoxy) is 2. The molecule has 0 aromatic carbocycles. The molecule has 1 heterocycles. The van der Waals surface area contributed by atoms with Gasteiger partial charge in [0.05, 0.1) is 13.2 Å². The highest BCUT2D eigenvalue weighted by Gasteiger charge is 2.42. The quantitative estimate of drug-likeness (QED) is 0.372. The van der Waals surface area contributed by atoms with Gasteiger partial charge in [0.2, 0.25) is 11.6 Å². The normalized spacial score (nSPS) is 43.0. The molecule has 0 aliphatic carbocycles. The van der Waals surface area contributed by atoms with E-state index < -0.39 is 24.8 Å². The standard InChI is InChI=1S/C6H12O6/c7-1-5(9)3-12-6(10,2-8)4-11-5/h7-10H,1-4H2/t5-,6-/m0/s1. The fraction of sp³-hybridized carbons (Fsp3) is 1.00. The summed E-state index contributed by atoms with van der Waals surface area (Å²) in [5.74, 6) is -3.52. The summed E-state index contributed by atoms with van der Waals surface area (Å²) in [5, 5.41) is 35.6. The van der Waals surface area contributed by atoms with E-state index >= 15 is 0 Å². The Bertz CT molecular complexity index is 132. The molecule has 0 saturated carbocycles. The highest BCUT2D eigenvalue weighted by Crippen LogP contribution is 2.20. The summed E-state index contributed by atoms with van der Waals surface area (Å²) in [6.07, 6.45) is 0. The van der Waals surface area contributed by atoms with Gasteiger partial charge in [-0.2, -0.15) is 0 Å². The van der Waals surface area contributed by atoms with Crippen LogP contribution in [0.25, 0.3) is 0 Å². The van der Waals surface area contributed by atoms with Crippen molar-refractivity contribution in [1.29, 1.82) is 0 Å². The number of hydrogen-bond acceptors (Lipinski definition) is 6. The van der Waals surface area contributed by atoms with E-state index in [1.54, 1.807) is 0 Å². The number of rotatable bonds is 2. The number of aliphatic hydroxyl groups excluding tert-OH is 2. The van der Waals surface area contributed by atoms with E-state index in [-0.39, 0.29) is 13.2 Å². The molecule has 1 aliphatic rings. The Morgan fingerprint density at radius 2 is 1.25 bits per heavy atom. The first kappa shape index (κ1) is 9.85. The van der Waals surface area contributed by atoms with Gasteiger partial charge in [0.25, 0.3) is 0 Å². The van der Waals surface area contributed by atoms with Gasteiger partial charge in [0, 0.05) is 0 Å². The van der Waals surface area contributed by atoms with E-state index in [4.69, 9.17) is 19.7 Å². The summed E-state index contributed by atoms with van der Waals surface area (Å²) in [4.78, 5) is 0. The lowest BCUT2D eigenvalue weighted by Crippen LogP contribution is -2.56. The van der Waals surface area contributed by atoms with Crippen LogP contribution in [0.2, 0.25) is 0 Å². The van der Waals surface area contributed by atoms with E-state index in [9.17, 15) is 10.2 Å². The van der Waals surface area contributed by atoms with Gasteiger partial charge < -0.3 is 29.9 Å². The summed E-state index contributed by atoms with van der Waals surface area (Å²) >= 11 is 0. The van der Waals surface area contributed by atoms with Crippen molar-refractivity contribution in [2.75, 3.05) is 26.4 Å². The molecule has 4 N–H and O–H groups in total. The molecular formula is C6H12O6. The first-order valence-electron chi connectivity index (χ1n) is 3.48. The van der Waals surface area contributed by atoms with Crippen LogP contribution in [0.1, 0.15) is 0 Å². The summed E-state index contributed by atoms with van der Waals surface area (Å²) in [5.41, 5.74) is 0. The molecule has 0 spiro atoms. The maximum atomic E-state index is 9.22. The van der Waals surface area contributed by atoms with Gasteiger partial charge in [-0.3, -0.25) is 0 Å². The zero-order valence-electron chi connectivity index (χ0n) is 6.43. The maximum Gasteiger partial charge on any atom is 0.213 e. The Hall–Kier alpha value is -0.240. The minimum absolute atomic E-state index is 0.374. The molecule has 1 aliphatic heterocycles. The third-order valence-corrected chi connectivity index (χ3v) is 1.63. The van der Waals surface area contributed by atoms with Crippen molar-refractivity contribution in [3.63, 3.8) is 0 Å². The van der Waals surface area contributed by atoms with Crippen molar-refractivity contribution in [2.24, 2.45) is 0 Å². The average molecular weight is 180 g/mol. The van der Waals surface area contributed by atoms with Crippen LogP contribution >= 0.6 is 0 Å². The fourth-order valence-electron chi connectivity index (χ4n) is 0.760. The molecule has 0 aromatic heterocycles. The molecule has 0 radical (unpaired) electrons. The van der Waals surface area contributed by atoms with Gasteiger partial charge in [0.1, 0.15) is 13.2 Å². The third kappa shape index (κ3) is 1.92. The minimum atomic E-state index is -1.76. The molecule has 0 bridgehead atoms. The SMILES string of the molecule is OC[C@@]1(O)CO[C@@](O)(CO)CO1. The Labute approximate surface area is 69.0 Å². The second-order valence-corrected chi connectivity index (χ2v) is 2.79. The summed E-state index contributed by atoms with van der Waals surface area (Å²) in [7, 11) is 0. The molecule has 0 aromatic rings. The van der Waals surface area contributed by atoms with Crippen LogP contribution in [0.15, 0.2) is 0 Å². The predicted octanol–water partition coefficient (Wildman–Crippen LogP) is -2.60. The average Bonchev–Trinajstić information content (AvgIpc) is 2.11. The Morgan fingerprint density at radius 3 is 1.42 bits per heavy atom. The lowest BCUT2D eigenvalue weighted by Gasteiger charge is -2.38. The lowest BCUT2D eigenvalue weighted by atomic mass is 10.2. The van der Waals surface area contributed by atoms with Gasteiger partial charge in [0.15, 0.2) is 0 Å². The van der Waals surface area contributed by atoms with Crippen LogP contribution in [0.5, 0.6) is 0 Å². The molecule has 6 heteroatoms. The van der Waals surface area contributed by atoms with Crippen molar-refractivity contribution in [3.05, 3.63) is 0 Å². The molecule has 1 rings (SSSR count). The third-order valence-electron chi connectivity index (χ3n) is 1.63. The fourth-order valence-corrected chi connectivity index (χ4v) is 0.760. The van der Waals surface area contributed by atoms with E-state index in [0.29, 0.717) is 0 Å². The van der Waals surface area contributed by atoms with Crippen molar-refractivity contribution in [1.82, 2.24) is 0 Å². The number of hydrogen-bond donors (Lipinski definition) is 4. The topological polar surface area (TPSA) is 99.4 Å². The zero-order valence-corrected chi connectivity index (χ0v) is 6.43. The van der Waals surface area contributed by atoms with Crippen molar-refractivity contribution in [2.45, 2.75) is 11.6 Å². The predicted molar refractivity (Wildman–Crippen MR) is 36.0 cm³/mol. The minimum Gasteiger partial charge on any atom is -0.391 e. The van der Waals surface area contributed by atoms with Crippen molar-refractivity contribution in [3.8, 4) is 0 Å². The Morgan fingerprint density at radius 1 is 0.917 bits per heavy atom.